The highest BCUT2D eigenvalue weighted by molar-refractivity contribution is 7.19. The third kappa shape index (κ3) is 5.75. The molecular weight excluding hydrogens is 388 g/mol. The number of carboxylic acids is 1. The van der Waals surface area contributed by atoms with Crippen molar-refractivity contribution in [3.63, 3.8) is 0 Å². The van der Waals surface area contributed by atoms with Crippen molar-refractivity contribution in [1.29, 1.82) is 0 Å². The quantitative estimate of drug-likeness (QED) is 0.392. The Morgan fingerprint density at radius 3 is 2.72 bits per heavy atom. The van der Waals surface area contributed by atoms with Crippen LogP contribution in [0.5, 0.6) is 0 Å². The van der Waals surface area contributed by atoms with Crippen LogP contribution in [0.3, 0.4) is 0 Å². The summed E-state index contributed by atoms with van der Waals surface area (Å²) in [7, 11) is 0. The second kappa shape index (κ2) is 10.1. The molecule has 2 aromatic rings. The number of Topliss-reactive ketones (excluding diaryl/α,β-unsaturated/α-hetero) is 1. The number of aliphatic hydroxyl groups is 2. The minimum atomic E-state index is -0.776. The minimum Gasteiger partial charge on any atom is -0.481 e. The summed E-state index contributed by atoms with van der Waals surface area (Å²) in [6, 6.07) is 9.94. The van der Waals surface area contributed by atoms with Gasteiger partial charge in [0.2, 0.25) is 0 Å². The number of fused-ring (bicyclic) bond motifs is 1. The van der Waals surface area contributed by atoms with Crippen LogP contribution >= 0.6 is 11.3 Å². The van der Waals surface area contributed by atoms with Gasteiger partial charge in [0, 0.05) is 34.3 Å². The van der Waals surface area contributed by atoms with Crippen LogP contribution in [0.15, 0.2) is 42.5 Å². The Morgan fingerprint density at radius 2 is 1.97 bits per heavy atom. The summed E-state index contributed by atoms with van der Waals surface area (Å²) in [4.78, 5) is 23.7. The van der Waals surface area contributed by atoms with Gasteiger partial charge >= 0.3 is 5.97 Å². The van der Waals surface area contributed by atoms with Crippen molar-refractivity contribution in [2.45, 2.75) is 57.2 Å². The zero-order valence-electron chi connectivity index (χ0n) is 16.4. The van der Waals surface area contributed by atoms with Gasteiger partial charge in [-0.25, -0.2) is 0 Å². The fraction of sp³-hybridized carbons (Fsp3) is 0.478. The largest absolute Gasteiger partial charge is 0.481 e. The van der Waals surface area contributed by atoms with E-state index >= 15 is 0 Å². The maximum absolute atomic E-state index is 12.3. The van der Waals surface area contributed by atoms with E-state index in [1.165, 1.54) is 0 Å². The Hall–Kier alpha value is -2.02. The average Bonchev–Trinajstić information content (AvgIpc) is 3.23. The molecule has 0 spiro atoms. The number of carbonyl (C=O) groups excluding carboxylic acids is 1. The lowest BCUT2D eigenvalue weighted by molar-refractivity contribution is -0.137. The van der Waals surface area contributed by atoms with Gasteiger partial charge in [-0.05, 0) is 30.4 Å². The van der Waals surface area contributed by atoms with E-state index < -0.39 is 18.2 Å². The van der Waals surface area contributed by atoms with E-state index in [4.69, 9.17) is 5.11 Å². The molecule has 4 atom stereocenters. The summed E-state index contributed by atoms with van der Waals surface area (Å²) in [6.45, 7) is 0. The van der Waals surface area contributed by atoms with Crippen LogP contribution in [0, 0.1) is 11.8 Å². The molecule has 1 aromatic carbocycles. The lowest BCUT2D eigenvalue weighted by Gasteiger charge is -2.18. The SMILES string of the molecule is O=C(O)CCCCCC[C@H]1C(=O)C[C@@H](O)[C@@H]1C=C[C@@H](O)c1cc2ccccc2s1. The van der Waals surface area contributed by atoms with Crippen molar-refractivity contribution >= 4 is 33.2 Å². The number of hydrogen-bond acceptors (Lipinski definition) is 5. The molecule has 3 rings (SSSR count). The first-order chi connectivity index (χ1) is 14.0. The highest BCUT2D eigenvalue weighted by Gasteiger charge is 2.39. The number of aliphatic carboxylic acids is 1. The number of thiophene rings is 1. The van der Waals surface area contributed by atoms with Gasteiger partial charge in [-0.15, -0.1) is 11.3 Å². The monoisotopic (exact) mass is 416 g/mol. The molecule has 0 aliphatic heterocycles. The van der Waals surface area contributed by atoms with E-state index in [1.54, 1.807) is 23.5 Å². The number of unbranched alkanes of at least 4 members (excludes halogenated alkanes) is 3. The van der Waals surface area contributed by atoms with Crippen molar-refractivity contribution in [3.8, 4) is 0 Å². The molecule has 29 heavy (non-hydrogen) atoms. The van der Waals surface area contributed by atoms with Crippen LogP contribution in [0.1, 0.15) is 55.9 Å². The van der Waals surface area contributed by atoms with Crippen LogP contribution in [0.25, 0.3) is 10.1 Å². The van der Waals surface area contributed by atoms with Crippen molar-refractivity contribution in [1.82, 2.24) is 0 Å². The van der Waals surface area contributed by atoms with Crippen molar-refractivity contribution in [2.24, 2.45) is 11.8 Å². The number of hydrogen-bond donors (Lipinski definition) is 3. The van der Waals surface area contributed by atoms with Crippen molar-refractivity contribution < 1.29 is 24.9 Å². The normalized spacial score (nSPS) is 23.2. The second-order valence-corrected chi connectivity index (χ2v) is 8.90. The summed E-state index contributed by atoms with van der Waals surface area (Å²) in [5.74, 6) is -1.20. The average molecular weight is 417 g/mol. The van der Waals surface area contributed by atoms with Gasteiger partial charge in [-0.3, -0.25) is 9.59 Å². The van der Waals surface area contributed by atoms with Crippen molar-refractivity contribution in [2.75, 3.05) is 0 Å². The van der Waals surface area contributed by atoms with Gasteiger partial charge < -0.3 is 15.3 Å². The maximum atomic E-state index is 12.3. The zero-order chi connectivity index (χ0) is 20.8. The molecule has 0 unspecified atom stereocenters. The minimum absolute atomic E-state index is 0.0778. The third-order valence-corrected chi connectivity index (χ3v) is 6.83. The van der Waals surface area contributed by atoms with Gasteiger partial charge in [0.1, 0.15) is 11.9 Å². The van der Waals surface area contributed by atoms with E-state index in [0.717, 1.165) is 34.2 Å². The van der Waals surface area contributed by atoms with Gasteiger partial charge in [0.05, 0.1) is 6.10 Å². The van der Waals surface area contributed by atoms with Crippen LogP contribution in [-0.2, 0) is 9.59 Å². The third-order valence-electron chi connectivity index (χ3n) is 5.64. The van der Waals surface area contributed by atoms with E-state index in [0.29, 0.717) is 12.8 Å². The topological polar surface area (TPSA) is 94.8 Å². The molecule has 1 aliphatic carbocycles. The Kier molecular flexibility index (Phi) is 7.58. The highest BCUT2D eigenvalue weighted by atomic mass is 32.1. The lowest BCUT2D eigenvalue weighted by Crippen LogP contribution is -2.18. The molecular formula is C23H28O5S. The Bertz CT molecular complexity index is 838. The fourth-order valence-corrected chi connectivity index (χ4v) is 5.09. The Labute approximate surface area is 174 Å². The summed E-state index contributed by atoms with van der Waals surface area (Å²) in [6.07, 6.45) is 6.28. The van der Waals surface area contributed by atoms with Crippen LogP contribution in [-0.4, -0.2) is 33.2 Å². The molecule has 1 saturated carbocycles. The summed E-state index contributed by atoms with van der Waals surface area (Å²) in [5, 5.41) is 30.6. The maximum Gasteiger partial charge on any atom is 0.303 e. The molecule has 0 radical (unpaired) electrons. The van der Waals surface area contributed by atoms with Crippen molar-refractivity contribution in [3.05, 3.63) is 47.4 Å². The van der Waals surface area contributed by atoms with E-state index in [2.05, 4.69) is 0 Å². The molecule has 3 N–H and O–H groups in total. The molecule has 1 heterocycles. The molecule has 1 fully saturated rings. The standard InChI is InChI=1S/C23H28O5S/c24-18(22-13-15-7-5-6-9-21(15)29-22)12-11-17-16(19(25)14-20(17)26)8-3-1-2-4-10-23(27)28/h5-7,9,11-13,16-18,20,24,26H,1-4,8,10,14H2,(H,27,28)/t16-,17-,18-,20-/m1/s1. The molecule has 156 valence electrons. The lowest BCUT2D eigenvalue weighted by atomic mass is 9.88. The summed E-state index contributed by atoms with van der Waals surface area (Å²) >= 11 is 1.54. The highest BCUT2D eigenvalue weighted by Crippen LogP contribution is 2.36. The molecule has 0 bridgehead atoms. The van der Waals surface area contributed by atoms with Crippen LogP contribution < -0.4 is 0 Å². The first kappa shape index (κ1) is 21.7. The van der Waals surface area contributed by atoms with Gasteiger partial charge in [0.15, 0.2) is 0 Å². The fourth-order valence-electron chi connectivity index (χ4n) is 4.06. The number of carbonyl (C=O) groups is 2. The molecule has 6 heteroatoms. The second-order valence-electron chi connectivity index (χ2n) is 7.78. The first-order valence-corrected chi connectivity index (χ1v) is 11.0. The first-order valence-electron chi connectivity index (χ1n) is 10.2. The predicted octanol–water partition coefficient (Wildman–Crippen LogP) is 4.48. The molecule has 1 aromatic heterocycles. The van der Waals surface area contributed by atoms with E-state index in [1.807, 2.05) is 30.3 Å². The molecule has 0 saturated heterocycles. The number of rotatable bonds is 10. The Morgan fingerprint density at radius 1 is 1.21 bits per heavy atom. The van der Waals surface area contributed by atoms with Crippen LogP contribution in [0.4, 0.5) is 0 Å². The molecule has 1 aliphatic rings. The molecule has 0 amide bonds. The number of carboxylic acid groups (broad SMARTS) is 1. The summed E-state index contributed by atoms with van der Waals surface area (Å²) in [5.41, 5.74) is 0. The van der Waals surface area contributed by atoms with Gasteiger partial charge in [-0.1, -0.05) is 49.6 Å². The molecule has 5 nitrogen and oxygen atoms in total. The smallest absolute Gasteiger partial charge is 0.303 e. The zero-order valence-corrected chi connectivity index (χ0v) is 17.2. The van der Waals surface area contributed by atoms with E-state index in [9.17, 15) is 19.8 Å². The predicted molar refractivity (Wildman–Crippen MR) is 114 cm³/mol. The number of ketones is 1. The van der Waals surface area contributed by atoms with Gasteiger partial charge in [-0.2, -0.15) is 0 Å². The van der Waals surface area contributed by atoms with Gasteiger partial charge in [0.25, 0.3) is 0 Å². The number of aliphatic hydroxyl groups excluding tert-OH is 2. The van der Waals surface area contributed by atoms with Crippen LogP contribution in [0.2, 0.25) is 0 Å². The number of benzene rings is 1. The summed E-state index contributed by atoms with van der Waals surface area (Å²) < 4.78 is 1.12. The van der Waals surface area contributed by atoms with E-state index in [-0.39, 0.29) is 30.5 Å². The Balaban J connectivity index is 1.56.